The van der Waals surface area contributed by atoms with Crippen molar-refractivity contribution in [2.75, 3.05) is 32.8 Å². The number of carbonyl (C=O) groups excluding carboxylic acids is 3. The molecule has 42 heavy (non-hydrogen) atoms. The first-order chi connectivity index (χ1) is 20.0. The first kappa shape index (κ1) is 31.7. The molecule has 2 aliphatic heterocycles. The van der Waals surface area contributed by atoms with Crippen molar-refractivity contribution in [1.29, 1.82) is 0 Å². The molecule has 2 aliphatic rings. The van der Waals surface area contributed by atoms with E-state index in [1.807, 2.05) is 46.0 Å². The van der Waals surface area contributed by atoms with Gasteiger partial charge in [0.1, 0.15) is 11.6 Å². The van der Waals surface area contributed by atoms with Gasteiger partial charge in [0.05, 0.1) is 24.9 Å². The van der Waals surface area contributed by atoms with E-state index in [-0.39, 0.29) is 42.8 Å². The molecular weight excluding hydrogens is 536 g/mol. The topological polar surface area (TPSA) is 151 Å². The number of rotatable bonds is 11. The zero-order chi connectivity index (χ0) is 30.6. The number of H-pyrrole nitrogens is 1. The van der Waals surface area contributed by atoms with Crippen LogP contribution < -0.4 is 10.6 Å². The summed E-state index contributed by atoms with van der Waals surface area (Å²) in [6.45, 7) is 11.2. The van der Waals surface area contributed by atoms with Crippen LogP contribution in [0.1, 0.15) is 85.1 Å². The number of nitrogens with one attached hydrogen (secondary N) is 3. The van der Waals surface area contributed by atoms with Crippen LogP contribution in [0.25, 0.3) is 0 Å². The summed E-state index contributed by atoms with van der Waals surface area (Å²) >= 11 is 0. The summed E-state index contributed by atoms with van der Waals surface area (Å²) < 4.78 is 0. The number of likely N-dealkylation sites (tertiary alicyclic amines) is 1. The SMILES string of the molecule is CCCCN1C(=O)[C@@H]([C@H](O)C(C)C)NC(=O)C12CCN(C(c1cn[nH]c1)c1cc(C)c(C(=O)NCCO)c(C)c1)CC2. The monoisotopic (exact) mass is 582 g/mol. The number of benzene rings is 1. The number of hydrogen-bond donors (Lipinski definition) is 5. The van der Waals surface area contributed by atoms with Crippen molar-refractivity contribution in [2.24, 2.45) is 5.92 Å². The first-order valence-corrected chi connectivity index (χ1v) is 15.1. The molecule has 3 atom stereocenters. The molecule has 3 heterocycles. The number of amides is 3. The highest BCUT2D eigenvalue weighted by Gasteiger charge is 2.55. The minimum Gasteiger partial charge on any atom is -0.395 e. The van der Waals surface area contributed by atoms with Crippen LogP contribution in [0.15, 0.2) is 24.5 Å². The molecule has 4 rings (SSSR count). The molecule has 2 aromatic rings. The van der Waals surface area contributed by atoms with Gasteiger partial charge in [-0.05, 0) is 55.7 Å². The molecule has 3 amide bonds. The zero-order valence-electron chi connectivity index (χ0n) is 25.4. The van der Waals surface area contributed by atoms with Crippen molar-refractivity contribution >= 4 is 17.7 Å². The van der Waals surface area contributed by atoms with Crippen LogP contribution in [0.3, 0.4) is 0 Å². The molecule has 0 bridgehead atoms. The molecule has 11 nitrogen and oxygen atoms in total. The summed E-state index contributed by atoms with van der Waals surface area (Å²) in [7, 11) is 0. The molecule has 5 N–H and O–H groups in total. The van der Waals surface area contributed by atoms with Gasteiger partial charge in [-0.2, -0.15) is 5.10 Å². The second kappa shape index (κ2) is 13.4. The number of nitrogens with zero attached hydrogens (tertiary/aromatic N) is 3. The van der Waals surface area contributed by atoms with E-state index in [0.29, 0.717) is 38.0 Å². The smallest absolute Gasteiger partial charge is 0.251 e. The maximum absolute atomic E-state index is 13.8. The molecule has 1 aromatic heterocycles. The molecule has 2 saturated heterocycles. The second-order valence-electron chi connectivity index (χ2n) is 12.0. The lowest BCUT2D eigenvalue weighted by molar-refractivity contribution is -0.165. The fourth-order valence-corrected chi connectivity index (χ4v) is 6.54. The first-order valence-electron chi connectivity index (χ1n) is 15.1. The Morgan fingerprint density at radius 2 is 1.83 bits per heavy atom. The van der Waals surface area contributed by atoms with Crippen molar-refractivity contribution in [3.63, 3.8) is 0 Å². The Balaban J connectivity index is 1.63. The molecule has 0 radical (unpaired) electrons. The highest BCUT2D eigenvalue weighted by Crippen LogP contribution is 2.39. The van der Waals surface area contributed by atoms with Crippen LogP contribution in [-0.2, 0) is 9.59 Å². The highest BCUT2D eigenvalue weighted by molar-refractivity contribution is 6.00. The Morgan fingerprint density at radius 3 is 2.38 bits per heavy atom. The highest BCUT2D eigenvalue weighted by atomic mass is 16.3. The van der Waals surface area contributed by atoms with Crippen molar-refractivity contribution in [1.82, 2.24) is 30.6 Å². The van der Waals surface area contributed by atoms with E-state index in [4.69, 9.17) is 5.11 Å². The van der Waals surface area contributed by atoms with Gasteiger partial charge < -0.3 is 25.7 Å². The number of piperazine rings is 1. The Bertz CT molecular complexity index is 1230. The number of carbonyl (C=O) groups is 3. The third kappa shape index (κ3) is 6.09. The van der Waals surface area contributed by atoms with E-state index in [1.54, 1.807) is 11.1 Å². The summed E-state index contributed by atoms with van der Waals surface area (Å²) in [5.41, 5.74) is 3.28. The van der Waals surface area contributed by atoms with E-state index < -0.39 is 17.7 Å². The van der Waals surface area contributed by atoms with Crippen LogP contribution in [0.5, 0.6) is 0 Å². The molecule has 2 fully saturated rings. The average molecular weight is 583 g/mol. The molecule has 1 aromatic carbocycles. The molecule has 230 valence electrons. The fraction of sp³-hybridized carbons (Fsp3) is 0.613. The summed E-state index contributed by atoms with van der Waals surface area (Å²) in [6, 6.07) is 2.93. The van der Waals surface area contributed by atoms with E-state index in [0.717, 1.165) is 35.1 Å². The van der Waals surface area contributed by atoms with Gasteiger partial charge in [0.25, 0.3) is 5.91 Å². The predicted molar refractivity (Wildman–Crippen MR) is 159 cm³/mol. The number of aromatic amines is 1. The third-order valence-electron chi connectivity index (χ3n) is 8.84. The lowest BCUT2D eigenvalue weighted by Crippen LogP contribution is -2.75. The standard InChI is InChI=1S/C31H46N6O5/c1-6-7-11-37-29(41)25(27(39)19(2)3)35-30(42)31(37)8-12-36(13-9-31)26(23-17-33-34-18-23)22-15-20(4)24(21(5)16-22)28(40)32-10-14-38/h15-19,25-27,38-39H,6-14H2,1-5H3,(H,32,40)(H,33,34)(H,35,42)/t25-,26?,27-/m1/s1. The Hall–Kier alpha value is -3.28. The zero-order valence-corrected chi connectivity index (χ0v) is 25.4. The Morgan fingerprint density at radius 1 is 1.17 bits per heavy atom. The van der Waals surface area contributed by atoms with E-state index in [2.05, 4.69) is 32.7 Å². The number of hydrogen-bond acceptors (Lipinski definition) is 7. The van der Waals surface area contributed by atoms with Crippen LogP contribution >= 0.6 is 0 Å². The molecule has 0 saturated carbocycles. The van der Waals surface area contributed by atoms with Gasteiger partial charge in [-0.25, -0.2) is 0 Å². The second-order valence-corrected chi connectivity index (χ2v) is 12.0. The van der Waals surface area contributed by atoms with Crippen molar-refractivity contribution in [3.8, 4) is 0 Å². The number of aryl methyl sites for hydroxylation is 2. The molecule has 0 aliphatic carbocycles. The average Bonchev–Trinajstić information content (AvgIpc) is 3.48. The fourth-order valence-electron chi connectivity index (χ4n) is 6.54. The lowest BCUT2D eigenvalue weighted by Gasteiger charge is -2.53. The third-order valence-corrected chi connectivity index (χ3v) is 8.84. The van der Waals surface area contributed by atoms with Crippen molar-refractivity contribution in [2.45, 2.75) is 84.0 Å². The van der Waals surface area contributed by atoms with Gasteiger partial charge >= 0.3 is 0 Å². The molecule has 1 unspecified atom stereocenters. The van der Waals surface area contributed by atoms with Crippen LogP contribution in [-0.4, -0.2) is 98.4 Å². The molecule has 1 spiro atoms. The number of piperidine rings is 1. The van der Waals surface area contributed by atoms with E-state index >= 15 is 0 Å². The van der Waals surface area contributed by atoms with Gasteiger partial charge in [0, 0.05) is 43.5 Å². The van der Waals surface area contributed by atoms with Crippen LogP contribution in [0.2, 0.25) is 0 Å². The Labute approximate surface area is 248 Å². The van der Waals surface area contributed by atoms with Gasteiger partial charge in [-0.3, -0.25) is 24.4 Å². The predicted octanol–water partition coefficient (Wildman–Crippen LogP) is 1.82. The number of unbranched alkanes of at least 4 members (excludes halogenated alkanes) is 1. The van der Waals surface area contributed by atoms with Crippen LogP contribution in [0, 0.1) is 19.8 Å². The normalized spacial score (nSPS) is 20.6. The van der Waals surface area contributed by atoms with E-state index in [9.17, 15) is 19.5 Å². The number of aromatic nitrogens is 2. The number of aliphatic hydroxyl groups is 2. The summed E-state index contributed by atoms with van der Waals surface area (Å²) in [4.78, 5) is 44.3. The molecule has 11 heteroatoms. The van der Waals surface area contributed by atoms with Gasteiger partial charge in [-0.1, -0.05) is 39.3 Å². The lowest BCUT2D eigenvalue weighted by atomic mass is 9.79. The van der Waals surface area contributed by atoms with E-state index in [1.165, 1.54) is 0 Å². The summed E-state index contributed by atoms with van der Waals surface area (Å²) in [5, 5.41) is 32.6. The summed E-state index contributed by atoms with van der Waals surface area (Å²) in [5.74, 6) is -0.776. The quantitative estimate of drug-likeness (QED) is 0.271. The van der Waals surface area contributed by atoms with Crippen LogP contribution in [0.4, 0.5) is 0 Å². The largest absolute Gasteiger partial charge is 0.395 e. The Kier molecular flexibility index (Phi) is 10.1. The number of aliphatic hydroxyl groups excluding tert-OH is 2. The van der Waals surface area contributed by atoms with Gasteiger partial charge in [0.2, 0.25) is 11.8 Å². The maximum Gasteiger partial charge on any atom is 0.251 e. The van der Waals surface area contributed by atoms with Gasteiger partial charge in [0.15, 0.2) is 0 Å². The molecular formula is C31H46N6O5. The van der Waals surface area contributed by atoms with Crippen molar-refractivity contribution < 1.29 is 24.6 Å². The maximum atomic E-state index is 13.8. The van der Waals surface area contributed by atoms with Gasteiger partial charge in [-0.15, -0.1) is 0 Å². The summed E-state index contributed by atoms with van der Waals surface area (Å²) in [6.07, 6.45) is 5.31. The van der Waals surface area contributed by atoms with Crippen molar-refractivity contribution in [3.05, 3.63) is 52.3 Å². The minimum absolute atomic E-state index is 0.126. The minimum atomic E-state index is -0.961.